The van der Waals surface area contributed by atoms with Crippen LogP contribution in [0.1, 0.15) is 33.6 Å². The van der Waals surface area contributed by atoms with E-state index in [1.54, 1.807) is 4.90 Å². The van der Waals surface area contributed by atoms with Crippen molar-refractivity contribution in [3.8, 4) is 0 Å². The molecule has 2 heterocycles. The number of amides is 2. The number of carbonyl (C=O) groups is 2. The molecule has 2 aliphatic heterocycles. The molecule has 2 saturated heterocycles. The number of hydrogen-bond acceptors (Lipinski definition) is 4. The van der Waals surface area contributed by atoms with Gasteiger partial charge in [0.2, 0.25) is 5.91 Å². The molecule has 0 N–H and O–H groups in total. The summed E-state index contributed by atoms with van der Waals surface area (Å²) in [5.74, 6) is 0.840. The van der Waals surface area contributed by atoms with Crippen LogP contribution in [0.3, 0.4) is 0 Å². The minimum absolute atomic E-state index is 0.198. The van der Waals surface area contributed by atoms with Crippen LogP contribution in [-0.2, 0) is 9.53 Å². The Labute approximate surface area is 133 Å². The number of piperidine rings is 1. The predicted molar refractivity (Wildman–Crippen MR) is 84.6 cm³/mol. The Kier molecular flexibility index (Phi) is 6.06. The highest BCUT2D eigenvalue weighted by Crippen LogP contribution is 2.21. The fraction of sp³-hybridized carbons (Fsp3) is 0.875. The van der Waals surface area contributed by atoms with Gasteiger partial charge in [-0.2, -0.15) is 0 Å². The zero-order valence-electron chi connectivity index (χ0n) is 14.1. The molecule has 0 aromatic carbocycles. The number of nitrogens with zero attached hydrogens (tertiary/aromatic N) is 3. The van der Waals surface area contributed by atoms with Crippen LogP contribution < -0.4 is 0 Å². The van der Waals surface area contributed by atoms with Gasteiger partial charge in [0.25, 0.3) is 0 Å². The van der Waals surface area contributed by atoms with Crippen LogP contribution in [0.2, 0.25) is 0 Å². The fourth-order valence-corrected chi connectivity index (χ4v) is 3.28. The monoisotopic (exact) mass is 311 g/mol. The summed E-state index contributed by atoms with van der Waals surface area (Å²) in [6.07, 6.45) is 1.46. The maximum Gasteiger partial charge on any atom is 0.409 e. The summed E-state index contributed by atoms with van der Waals surface area (Å²) >= 11 is 0. The Bertz CT molecular complexity index is 392. The van der Waals surface area contributed by atoms with Crippen LogP contribution in [0.4, 0.5) is 4.79 Å². The van der Waals surface area contributed by atoms with Crippen LogP contribution in [0.15, 0.2) is 0 Å². The average Bonchev–Trinajstić information content (AvgIpc) is 2.50. The minimum atomic E-state index is -0.198. The standard InChI is InChI=1S/C16H29N3O3/c1-4-22-16(21)18-9-7-17(8-10-18)11-14-5-6-15(20)19(12-14)13(2)3/h13-14H,4-12H2,1-3H3. The van der Waals surface area contributed by atoms with E-state index in [2.05, 4.69) is 18.7 Å². The van der Waals surface area contributed by atoms with Crippen molar-refractivity contribution in [2.75, 3.05) is 45.9 Å². The fourth-order valence-electron chi connectivity index (χ4n) is 3.28. The normalized spacial score (nSPS) is 24.0. The van der Waals surface area contributed by atoms with Gasteiger partial charge < -0.3 is 14.5 Å². The topological polar surface area (TPSA) is 53.1 Å². The van der Waals surface area contributed by atoms with Gasteiger partial charge in [0, 0.05) is 51.7 Å². The zero-order valence-corrected chi connectivity index (χ0v) is 14.1. The van der Waals surface area contributed by atoms with Gasteiger partial charge in [-0.1, -0.05) is 0 Å². The van der Waals surface area contributed by atoms with Crippen molar-refractivity contribution in [3.63, 3.8) is 0 Å². The first kappa shape index (κ1) is 17.1. The molecular formula is C16H29N3O3. The van der Waals surface area contributed by atoms with Crippen LogP contribution >= 0.6 is 0 Å². The molecule has 0 spiro atoms. The van der Waals surface area contributed by atoms with Crippen molar-refractivity contribution >= 4 is 12.0 Å². The lowest BCUT2D eigenvalue weighted by Crippen LogP contribution is -2.52. The van der Waals surface area contributed by atoms with Crippen LogP contribution in [-0.4, -0.2) is 78.6 Å². The SMILES string of the molecule is CCOC(=O)N1CCN(CC2CCC(=O)N(C(C)C)C2)CC1. The first-order valence-electron chi connectivity index (χ1n) is 8.44. The summed E-state index contributed by atoms with van der Waals surface area (Å²) in [5.41, 5.74) is 0. The summed E-state index contributed by atoms with van der Waals surface area (Å²) in [7, 11) is 0. The van der Waals surface area contributed by atoms with Crippen molar-refractivity contribution in [2.24, 2.45) is 5.92 Å². The highest BCUT2D eigenvalue weighted by atomic mass is 16.6. The number of carbonyl (C=O) groups excluding carboxylic acids is 2. The molecule has 1 unspecified atom stereocenters. The van der Waals surface area contributed by atoms with Gasteiger partial charge in [-0.25, -0.2) is 4.79 Å². The molecule has 2 aliphatic rings. The third kappa shape index (κ3) is 4.35. The largest absolute Gasteiger partial charge is 0.450 e. The molecule has 2 fully saturated rings. The second-order valence-corrected chi connectivity index (χ2v) is 6.53. The van der Waals surface area contributed by atoms with E-state index in [0.29, 0.717) is 24.9 Å². The molecule has 126 valence electrons. The summed E-state index contributed by atoms with van der Waals surface area (Å²) < 4.78 is 5.04. The average molecular weight is 311 g/mol. The molecule has 6 nitrogen and oxygen atoms in total. The molecule has 1 atom stereocenters. The van der Waals surface area contributed by atoms with E-state index in [1.165, 1.54) is 0 Å². The van der Waals surface area contributed by atoms with Gasteiger partial charge in [0.15, 0.2) is 0 Å². The Balaban J connectivity index is 1.76. The second-order valence-electron chi connectivity index (χ2n) is 6.53. The Morgan fingerprint density at radius 3 is 2.55 bits per heavy atom. The van der Waals surface area contributed by atoms with Crippen molar-refractivity contribution in [1.82, 2.24) is 14.7 Å². The highest BCUT2D eigenvalue weighted by molar-refractivity contribution is 5.77. The number of rotatable bonds is 4. The number of likely N-dealkylation sites (tertiary alicyclic amines) is 1. The van der Waals surface area contributed by atoms with E-state index in [4.69, 9.17) is 4.74 Å². The van der Waals surface area contributed by atoms with E-state index >= 15 is 0 Å². The molecule has 0 saturated carbocycles. The molecule has 0 aliphatic carbocycles. The summed E-state index contributed by atoms with van der Waals surface area (Å²) in [5, 5.41) is 0. The lowest BCUT2D eigenvalue weighted by atomic mass is 9.95. The van der Waals surface area contributed by atoms with Crippen molar-refractivity contribution in [1.29, 1.82) is 0 Å². The molecular weight excluding hydrogens is 282 g/mol. The Hall–Kier alpha value is -1.30. The third-order valence-electron chi connectivity index (χ3n) is 4.58. The van der Waals surface area contributed by atoms with E-state index in [-0.39, 0.29) is 12.1 Å². The first-order valence-corrected chi connectivity index (χ1v) is 8.44. The van der Waals surface area contributed by atoms with E-state index in [9.17, 15) is 9.59 Å². The number of ether oxygens (including phenoxy) is 1. The lowest BCUT2D eigenvalue weighted by molar-refractivity contribution is -0.137. The third-order valence-corrected chi connectivity index (χ3v) is 4.58. The molecule has 0 aromatic rings. The van der Waals surface area contributed by atoms with E-state index in [1.807, 2.05) is 11.8 Å². The minimum Gasteiger partial charge on any atom is -0.450 e. The molecule has 0 bridgehead atoms. The molecule has 2 rings (SSSR count). The van der Waals surface area contributed by atoms with Crippen LogP contribution in [0, 0.1) is 5.92 Å². The van der Waals surface area contributed by atoms with E-state index in [0.717, 1.165) is 45.7 Å². The Morgan fingerprint density at radius 1 is 1.27 bits per heavy atom. The summed E-state index contributed by atoms with van der Waals surface area (Å²) in [6, 6.07) is 0.288. The van der Waals surface area contributed by atoms with Crippen molar-refractivity contribution in [3.05, 3.63) is 0 Å². The smallest absolute Gasteiger partial charge is 0.409 e. The molecule has 2 amide bonds. The number of piperazine rings is 1. The van der Waals surface area contributed by atoms with Gasteiger partial charge in [-0.05, 0) is 33.1 Å². The highest BCUT2D eigenvalue weighted by Gasteiger charge is 2.30. The molecule has 22 heavy (non-hydrogen) atoms. The predicted octanol–water partition coefficient (Wildman–Crippen LogP) is 1.41. The van der Waals surface area contributed by atoms with E-state index < -0.39 is 0 Å². The number of hydrogen-bond donors (Lipinski definition) is 0. The molecule has 6 heteroatoms. The van der Waals surface area contributed by atoms with Crippen molar-refractivity contribution < 1.29 is 14.3 Å². The van der Waals surface area contributed by atoms with Gasteiger partial charge in [0.1, 0.15) is 0 Å². The van der Waals surface area contributed by atoms with Crippen molar-refractivity contribution in [2.45, 2.75) is 39.7 Å². The van der Waals surface area contributed by atoms with Crippen LogP contribution in [0.25, 0.3) is 0 Å². The Morgan fingerprint density at radius 2 is 1.95 bits per heavy atom. The first-order chi connectivity index (χ1) is 10.5. The van der Waals surface area contributed by atoms with Crippen LogP contribution in [0.5, 0.6) is 0 Å². The van der Waals surface area contributed by atoms with Gasteiger partial charge in [-0.15, -0.1) is 0 Å². The second kappa shape index (κ2) is 7.81. The summed E-state index contributed by atoms with van der Waals surface area (Å²) in [6.45, 7) is 11.6. The maximum absolute atomic E-state index is 11.9. The van der Waals surface area contributed by atoms with Gasteiger partial charge in [0.05, 0.1) is 6.61 Å². The zero-order chi connectivity index (χ0) is 16.1. The lowest BCUT2D eigenvalue weighted by Gasteiger charge is -2.40. The molecule has 0 aromatic heterocycles. The van der Waals surface area contributed by atoms with Gasteiger partial charge >= 0.3 is 6.09 Å². The summed E-state index contributed by atoms with van der Waals surface area (Å²) in [4.78, 5) is 29.8. The molecule has 0 radical (unpaired) electrons. The maximum atomic E-state index is 11.9. The van der Waals surface area contributed by atoms with Gasteiger partial charge in [-0.3, -0.25) is 9.69 Å². The quantitative estimate of drug-likeness (QED) is 0.788.